The Kier molecular flexibility index (Phi) is 2.66. The first-order chi connectivity index (χ1) is 9.19. The van der Waals surface area contributed by atoms with Gasteiger partial charge in [-0.05, 0) is 19.1 Å². The molecule has 0 aliphatic carbocycles. The van der Waals surface area contributed by atoms with Crippen LogP contribution in [-0.2, 0) is 13.1 Å². The minimum Gasteiger partial charge on any atom is -0.369 e. The Morgan fingerprint density at radius 3 is 3.00 bits per heavy atom. The van der Waals surface area contributed by atoms with Gasteiger partial charge in [-0.25, -0.2) is 9.37 Å². The third kappa shape index (κ3) is 1.92. The maximum Gasteiger partial charge on any atom is 0.201 e. The van der Waals surface area contributed by atoms with E-state index in [-0.39, 0.29) is 5.82 Å². The Balaban J connectivity index is 2.08. The molecule has 2 N–H and O–H groups in total. The number of rotatable bonds is 3. The van der Waals surface area contributed by atoms with Crippen LogP contribution in [0.3, 0.4) is 0 Å². The van der Waals surface area contributed by atoms with Crippen LogP contribution in [0.2, 0.25) is 0 Å². The Bertz CT molecular complexity index is 729. The van der Waals surface area contributed by atoms with E-state index in [9.17, 15) is 4.39 Å². The Hall–Kier alpha value is -2.44. The normalized spacial score (nSPS) is 11.3. The average Bonchev–Trinajstić information content (AvgIpc) is 2.95. The summed E-state index contributed by atoms with van der Waals surface area (Å²) in [6, 6.07) is 4.43. The highest BCUT2D eigenvalue weighted by Gasteiger charge is 2.12. The van der Waals surface area contributed by atoms with Gasteiger partial charge in [0.15, 0.2) is 5.82 Å². The predicted molar refractivity (Wildman–Crippen MR) is 68.9 cm³/mol. The van der Waals surface area contributed by atoms with E-state index in [2.05, 4.69) is 15.2 Å². The summed E-state index contributed by atoms with van der Waals surface area (Å²) in [5, 5.41) is 7.94. The molecule has 0 saturated carbocycles. The van der Waals surface area contributed by atoms with Crippen LogP contribution >= 0.6 is 0 Å². The molecular weight excluding hydrogens is 247 g/mol. The van der Waals surface area contributed by atoms with E-state index in [1.807, 2.05) is 11.5 Å². The van der Waals surface area contributed by atoms with Crippen molar-refractivity contribution in [3.63, 3.8) is 0 Å². The molecule has 3 rings (SSSR count). The molecular formula is C12H13FN6. The van der Waals surface area contributed by atoms with Gasteiger partial charge in [0.05, 0.1) is 17.6 Å². The lowest BCUT2D eigenvalue weighted by molar-refractivity contribution is 0.629. The standard InChI is InChI=1S/C12H13FN6/c1-2-18-7-15-17-11(18)6-19-10-4-3-8(13)5-9(10)16-12(19)14/h3-5,7H,2,6H2,1H3,(H2,14,16). The summed E-state index contributed by atoms with van der Waals surface area (Å²) in [6.07, 6.45) is 1.67. The van der Waals surface area contributed by atoms with Gasteiger partial charge in [-0.2, -0.15) is 0 Å². The van der Waals surface area contributed by atoms with Gasteiger partial charge in [-0.1, -0.05) is 0 Å². The number of halogens is 1. The predicted octanol–water partition coefficient (Wildman–Crippen LogP) is 1.42. The first kappa shape index (κ1) is 11.6. The molecule has 6 nitrogen and oxygen atoms in total. The summed E-state index contributed by atoms with van der Waals surface area (Å²) in [5.41, 5.74) is 7.21. The van der Waals surface area contributed by atoms with Crippen LogP contribution in [0.5, 0.6) is 0 Å². The largest absolute Gasteiger partial charge is 0.369 e. The highest BCUT2D eigenvalue weighted by Crippen LogP contribution is 2.19. The van der Waals surface area contributed by atoms with Crippen LogP contribution in [0.15, 0.2) is 24.5 Å². The highest BCUT2D eigenvalue weighted by molar-refractivity contribution is 5.78. The molecule has 0 aliphatic heterocycles. The van der Waals surface area contributed by atoms with E-state index < -0.39 is 0 Å². The van der Waals surface area contributed by atoms with Crippen LogP contribution < -0.4 is 5.73 Å². The maximum absolute atomic E-state index is 13.2. The van der Waals surface area contributed by atoms with Crippen molar-refractivity contribution in [1.29, 1.82) is 0 Å². The van der Waals surface area contributed by atoms with Crippen LogP contribution in [0.4, 0.5) is 10.3 Å². The minimum atomic E-state index is -0.325. The smallest absolute Gasteiger partial charge is 0.201 e. The molecule has 0 atom stereocenters. The summed E-state index contributed by atoms with van der Waals surface area (Å²) in [6.45, 7) is 3.25. The second kappa shape index (κ2) is 4.34. The number of hydrogen-bond acceptors (Lipinski definition) is 4. The zero-order chi connectivity index (χ0) is 13.4. The van der Waals surface area contributed by atoms with Crippen molar-refractivity contribution in [2.24, 2.45) is 0 Å². The van der Waals surface area contributed by atoms with Gasteiger partial charge in [0.2, 0.25) is 5.95 Å². The second-order valence-electron chi connectivity index (χ2n) is 4.22. The number of aromatic nitrogens is 5. The van der Waals surface area contributed by atoms with E-state index in [4.69, 9.17) is 5.73 Å². The zero-order valence-corrected chi connectivity index (χ0v) is 10.4. The topological polar surface area (TPSA) is 74.5 Å². The number of nitrogens with two attached hydrogens (primary N) is 1. The lowest BCUT2D eigenvalue weighted by Gasteiger charge is -2.07. The van der Waals surface area contributed by atoms with Crippen molar-refractivity contribution in [3.8, 4) is 0 Å². The number of fused-ring (bicyclic) bond motifs is 1. The minimum absolute atomic E-state index is 0.325. The molecule has 0 unspecified atom stereocenters. The summed E-state index contributed by atoms with van der Waals surface area (Å²) in [7, 11) is 0. The van der Waals surface area contributed by atoms with Crippen molar-refractivity contribution in [2.75, 3.05) is 5.73 Å². The SMILES string of the molecule is CCn1cnnc1Cn1c(N)nc2cc(F)ccc21. The van der Waals surface area contributed by atoms with E-state index in [0.717, 1.165) is 17.9 Å². The van der Waals surface area contributed by atoms with Crippen LogP contribution in [0, 0.1) is 5.82 Å². The fraction of sp³-hybridized carbons (Fsp3) is 0.250. The van der Waals surface area contributed by atoms with Crippen LogP contribution in [-0.4, -0.2) is 24.3 Å². The fourth-order valence-electron chi connectivity index (χ4n) is 2.09. The van der Waals surface area contributed by atoms with Gasteiger partial charge < -0.3 is 14.9 Å². The van der Waals surface area contributed by atoms with E-state index >= 15 is 0 Å². The summed E-state index contributed by atoms with van der Waals surface area (Å²) < 4.78 is 16.9. The van der Waals surface area contributed by atoms with Crippen molar-refractivity contribution >= 4 is 17.0 Å². The summed E-state index contributed by atoms with van der Waals surface area (Å²) in [5.74, 6) is 0.804. The van der Waals surface area contributed by atoms with Crippen LogP contribution in [0.25, 0.3) is 11.0 Å². The number of nitrogen functional groups attached to an aromatic ring is 1. The molecule has 0 amide bonds. The average molecular weight is 260 g/mol. The van der Waals surface area contributed by atoms with Gasteiger partial charge in [0, 0.05) is 12.6 Å². The van der Waals surface area contributed by atoms with Crippen molar-refractivity contribution < 1.29 is 4.39 Å². The third-order valence-corrected chi connectivity index (χ3v) is 3.08. The molecule has 1 aromatic carbocycles. The first-order valence-electron chi connectivity index (χ1n) is 5.97. The van der Waals surface area contributed by atoms with Crippen molar-refractivity contribution in [1.82, 2.24) is 24.3 Å². The number of benzene rings is 1. The fourth-order valence-corrected chi connectivity index (χ4v) is 2.09. The van der Waals surface area contributed by atoms with E-state index in [1.54, 1.807) is 17.0 Å². The summed E-state index contributed by atoms with van der Waals surface area (Å²) >= 11 is 0. The molecule has 98 valence electrons. The third-order valence-electron chi connectivity index (χ3n) is 3.08. The van der Waals surface area contributed by atoms with Gasteiger partial charge in [-0.15, -0.1) is 10.2 Å². The Labute approximate surface area is 108 Å². The number of aryl methyl sites for hydroxylation is 1. The Morgan fingerprint density at radius 1 is 1.37 bits per heavy atom. The molecule has 0 aliphatic rings. The highest BCUT2D eigenvalue weighted by atomic mass is 19.1. The first-order valence-corrected chi connectivity index (χ1v) is 5.97. The van der Waals surface area contributed by atoms with E-state index in [0.29, 0.717) is 18.0 Å². The molecule has 2 heterocycles. The zero-order valence-electron chi connectivity index (χ0n) is 10.4. The number of imidazole rings is 1. The van der Waals surface area contributed by atoms with Gasteiger partial charge in [0.1, 0.15) is 12.1 Å². The van der Waals surface area contributed by atoms with Gasteiger partial charge >= 0.3 is 0 Å². The molecule has 7 heteroatoms. The monoisotopic (exact) mass is 260 g/mol. The molecule has 19 heavy (non-hydrogen) atoms. The number of anilines is 1. The quantitative estimate of drug-likeness (QED) is 0.772. The van der Waals surface area contributed by atoms with Crippen LogP contribution in [0.1, 0.15) is 12.7 Å². The molecule has 0 fully saturated rings. The lowest BCUT2D eigenvalue weighted by atomic mass is 10.3. The molecule has 2 aromatic heterocycles. The summed E-state index contributed by atoms with van der Waals surface area (Å²) in [4.78, 5) is 4.15. The van der Waals surface area contributed by atoms with Crippen molar-refractivity contribution in [3.05, 3.63) is 36.2 Å². The molecule has 0 radical (unpaired) electrons. The maximum atomic E-state index is 13.2. The second-order valence-corrected chi connectivity index (χ2v) is 4.22. The number of hydrogen-bond donors (Lipinski definition) is 1. The molecule has 0 bridgehead atoms. The van der Waals surface area contributed by atoms with Gasteiger partial charge in [-0.3, -0.25) is 0 Å². The van der Waals surface area contributed by atoms with E-state index in [1.165, 1.54) is 12.1 Å². The van der Waals surface area contributed by atoms with Crippen molar-refractivity contribution in [2.45, 2.75) is 20.0 Å². The molecule has 3 aromatic rings. The Morgan fingerprint density at radius 2 is 2.21 bits per heavy atom. The molecule has 0 saturated heterocycles. The lowest BCUT2D eigenvalue weighted by Crippen LogP contribution is -2.10. The van der Waals surface area contributed by atoms with Gasteiger partial charge in [0.25, 0.3) is 0 Å². The number of nitrogens with zero attached hydrogens (tertiary/aromatic N) is 5. The molecule has 0 spiro atoms.